The lowest BCUT2D eigenvalue weighted by Gasteiger charge is -2.34. The highest BCUT2D eigenvalue weighted by Crippen LogP contribution is 2.29. The first-order valence-corrected chi connectivity index (χ1v) is 6.58. The van der Waals surface area contributed by atoms with Crippen molar-refractivity contribution in [3.63, 3.8) is 0 Å². The third-order valence-corrected chi connectivity index (χ3v) is 3.48. The molecular formula is C14H21N3O2. The standard InChI is InChI=1S/C14H21N3O2/c1-16(2)14(18)11-6-5-9-17(10-11)13-12(19-3)7-4-8-15-13/h4,7-8,11H,5-6,9-10H2,1-3H3. The Bertz CT molecular complexity index is 448. The van der Waals surface area contributed by atoms with E-state index in [0.29, 0.717) is 6.54 Å². The highest BCUT2D eigenvalue weighted by atomic mass is 16.5. The number of amides is 1. The Hall–Kier alpha value is -1.78. The van der Waals surface area contributed by atoms with Crippen LogP contribution in [0.2, 0.25) is 0 Å². The minimum absolute atomic E-state index is 0.0514. The van der Waals surface area contributed by atoms with E-state index in [9.17, 15) is 4.79 Å². The molecule has 0 N–H and O–H groups in total. The number of anilines is 1. The number of ether oxygens (including phenoxy) is 1. The zero-order chi connectivity index (χ0) is 13.8. The van der Waals surface area contributed by atoms with Crippen molar-refractivity contribution < 1.29 is 9.53 Å². The summed E-state index contributed by atoms with van der Waals surface area (Å²) in [5.41, 5.74) is 0. The van der Waals surface area contributed by atoms with Crippen LogP contribution < -0.4 is 9.64 Å². The molecule has 1 aliphatic rings. The van der Waals surface area contributed by atoms with Gasteiger partial charge in [-0.1, -0.05) is 0 Å². The van der Waals surface area contributed by atoms with E-state index in [1.165, 1.54) is 0 Å². The minimum atomic E-state index is 0.0514. The highest BCUT2D eigenvalue weighted by molar-refractivity contribution is 5.79. The fraction of sp³-hybridized carbons (Fsp3) is 0.571. The van der Waals surface area contributed by atoms with Crippen molar-refractivity contribution >= 4 is 11.7 Å². The van der Waals surface area contributed by atoms with Crippen LogP contribution in [0.25, 0.3) is 0 Å². The highest BCUT2D eigenvalue weighted by Gasteiger charge is 2.28. The average molecular weight is 263 g/mol. The maximum absolute atomic E-state index is 12.1. The largest absolute Gasteiger partial charge is 0.493 e. The Morgan fingerprint density at radius 1 is 1.53 bits per heavy atom. The van der Waals surface area contributed by atoms with Gasteiger partial charge < -0.3 is 14.5 Å². The number of hydrogen-bond acceptors (Lipinski definition) is 4. The molecule has 104 valence electrons. The molecule has 1 saturated heterocycles. The molecule has 5 nitrogen and oxygen atoms in total. The molecule has 0 saturated carbocycles. The van der Waals surface area contributed by atoms with Crippen LogP contribution in [0.4, 0.5) is 5.82 Å². The van der Waals surface area contributed by atoms with Crippen LogP contribution in [0.15, 0.2) is 18.3 Å². The summed E-state index contributed by atoms with van der Waals surface area (Å²) in [4.78, 5) is 20.3. The van der Waals surface area contributed by atoms with E-state index in [0.717, 1.165) is 31.0 Å². The van der Waals surface area contributed by atoms with Crippen LogP contribution in [-0.2, 0) is 4.79 Å². The van der Waals surface area contributed by atoms with Gasteiger partial charge >= 0.3 is 0 Å². The fourth-order valence-corrected chi connectivity index (χ4v) is 2.52. The zero-order valence-electron chi connectivity index (χ0n) is 11.8. The van der Waals surface area contributed by atoms with Gasteiger partial charge in [-0.3, -0.25) is 4.79 Å². The second kappa shape index (κ2) is 5.91. The summed E-state index contributed by atoms with van der Waals surface area (Å²) in [5.74, 6) is 1.84. The van der Waals surface area contributed by atoms with E-state index in [4.69, 9.17) is 4.74 Å². The van der Waals surface area contributed by atoms with Crippen LogP contribution in [0, 0.1) is 5.92 Å². The zero-order valence-corrected chi connectivity index (χ0v) is 11.8. The molecule has 19 heavy (non-hydrogen) atoms. The van der Waals surface area contributed by atoms with Gasteiger partial charge in [-0.05, 0) is 25.0 Å². The molecule has 1 unspecified atom stereocenters. The van der Waals surface area contributed by atoms with Gasteiger partial charge in [0.15, 0.2) is 11.6 Å². The van der Waals surface area contributed by atoms with E-state index in [-0.39, 0.29) is 11.8 Å². The predicted molar refractivity (Wildman–Crippen MR) is 74.4 cm³/mol. The monoisotopic (exact) mass is 263 g/mol. The van der Waals surface area contributed by atoms with Crippen LogP contribution >= 0.6 is 0 Å². The molecule has 1 fully saturated rings. The molecule has 1 amide bonds. The molecule has 0 bridgehead atoms. The first-order valence-electron chi connectivity index (χ1n) is 6.58. The van der Waals surface area contributed by atoms with Gasteiger partial charge in [-0.2, -0.15) is 0 Å². The summed E-state index contributed by atoms with van der Waals surface area (Å²) in [6, 6.07) is 3.76. The second-order valence-electron chi connectivity index (χ2n) is 5.05. The Labute approximate surface area is 114 Å². The Morgan fingerprint density at radius 2 is 2.32 bits per heavy atom. The van der Waals surface area contributed by atoms with Crippen molar-refractivity contribution in [2.75, 3.05) is 39.2 Å². The first-order chi connectivity index (χ1) is 9.13. The predicted octanol–water partition coefficient (Wildman–Crippen LogP) is 1.39. The lowest BCUT2D eigenvalue weighted by atomic mass is 9.96. The van der Waals surface area contributed by atoms with E-state index in [1.807, 2.05) is 26.2 Å². The van der Waals surface area contributed by atoms with Crippen LogP contribution in [0.5, 0.6) is 5.75 Å². The second-order valence-corrected chi connectivity index (χ2v) is 5.05. The number of rotatable bonds is 3. The maximum Gasteiger partial charge on any atom is 0.226 e. The van der Waals surface area contributed by atoms with Gasteiger partial charge in [0.05, 0.1) is 13.0 Å². The number of methoxy groups -OCH3 is 1. The Morgan fingerprint density at radius 3 is 3.00 bits per heavy atom. The van der Waals surface area contributed by atoms with Crippen molar-refractivity contribution in [1.82, 2.24) is 9.88 Å². The molecule has 0 spiro atoms. The number of pyridine rings is 1. The number of aromatic nitrogens is 1. The number of nitrogens with zero attached hydrogens (tertiary/aromatic N) is 3. The van der Waals surface area contributed by atoms with Gasteiger partial charge in [0.1, 0.15) is 0 Å². The van der Waals surface area contributed by atoms with Gasteiger partial charge in [0, 0.05) is 33.4 Å². The third kappa shape index (κ3) is 2.97. The summed E-state index contributed by atoms with van der Waals surface area (Å²) in [6.07, 6.45) is 3.71. The van der Waals surface area contributed by atoms with Crippen molar-refractivity contribution in [2.24, 2.45) is 5.92 Å². The fourth-order valence-electron chi connectivity index (χ4n) is 2.52. The quantitative estimate of drug-likeness (QED) is 0.827. The number of carbonyl (C=O) groups excluding carboxylic acids is 1. The van der Waals surface area contributed by atoms with Crippen LogP contribution in [0.3, 0.4) is 0 Å². The Balaban J connectivity index is 2.15. The molecule has 1 atom stereocenters. The van der Waals surface area contributed by atoms with E-state index in [1.54, 1.807) is 18.2 Å². The van der Waals surface area contributed by atoms with Crippen molar-refractivity contribution in [3.8, 4) is 5.75 Å². The number of piperidine rings is 1. The molecule has 0 radical (unpaired) electrons. The molecule has 2 heterocycles. The third-order valence-electron chi connectivity index (χ3n) is 3.48. The van der Waals surface area contributed by atoms with E-state index >= 15 is 0 Å². The molecule has 2 rings (SSSR count). The van der Waals surface area contributed by atoms with Crippen molar-refractivity contribution in [2.45, 2.75) is 12.8 Å². The van der Waals surface area contributed by atoms with E-state index < -0.39 is 0 Å². The Kier molecular flexibility index (Phi) is 4.24. The van der Waals surface area contributed by atoms with Crippen molar-refractivity contribution in [1.29, 1.82) is 0 Å². The lowest BCUT2D eigenvalue weighted by Crippen LogP contribution is -2.43. The molecule has 1 aliphatic heterocycles. The van der Waals surface area contributed by atoms with Gasteiger partial charge in [-0.25, -0.2) is 4.98 Å². The van der Waals surface area contributed by atoms with Gasteiger partial charge in [0.2, 0.25) is 5.91 Å². The molecule has 0 aliphatic carbocycles. The topological polar surface area (TPSA) is 45.7 Å². The summed E-state index contributed by atoms with van der Waals surface area (Å²) in [6.45, 7) is 1.63. The minimum Gasteiger partial charge on any atom is -0.493 e. The molecule has 1 aromatic heterocycles. The summed E-state index contributed by atoms with van der Waals surface area (Å²) in [5, 5.41) is 0. The van der Waals surface area contributed by atoms with Gasteiger partial charge in [-0.15, -0.1) is 0 Å². The average Bonchev–Trinajstić information content (AvgIpc) is 2.46. The molecular weight excluding hydrogens is 242 g/mol. The normalized spacial score (nSPS) is 19.1. The molecule has 5 heteroatoms. The summed E-state index contributed by atoms with van der Waals surface area (Å²) in [7, 11) is 5.26. The smallest absolute Gasteiger partial charge is 0.226 e. The van der Waals surface area contributed by atoms with E-state index in [2.05, 4.69) is 9.88 Å². The SMILES string of the molecule is COc1cccnc1N1CCCC(C(=O)N(C)C)C1. The van der Waals surface area contributed by atoms with Crippen LogP contribution in [-0.4, -0.2) is 50.1 Å². The lowest BCUT2D eigenvalue weighted by molar-refractivity contribution is -0.133. The van der Waals surface area contributed by atoms with Crippen molar-refractivity contribution in [3.05, 3.63) is 18.3 Å². The molecule has 0 aromatic carbocycles. The summed E-state index contributed by atoms with van der Waals surface area (Å²) >= 11 is 0. The number of carbonyl (C=O) groups is 1. The first kappa shape index (κ1) is 13.6. The number of hydrogen-bond donors (Lipinski definition) is 0. The maximum atomic E-state index is 12.1. The van der Waals surface area contributed by atoms with Gasteiger partial charge in [0.25, 0.3) is 0 Å². The van der Waals surface area contributed by atoms with Crippen LogP contribution in [0.1, 0.15) is 12.8 Å². The summed E-state index contributed by atoms with van der Waals surface area (Å²) < 4.78 is 5.34. The molecule has 1 aromatic rings.